The van der Waals surface area contributed by atoms with Crippen LogP contribution >= 0.6 is 27.5 Å². The third-order valence-electron chi connectivity index (χ3n) is 2.99. The Kier molecular flexibility index (Phi) is 3.88. The molecule has 2 rings (SSSR count). The molecular formula is C12H13BrClFO. The van der Waals surface area contributed by atoms with Gasteiger partial charge in [0.25, 0.3) is 0 Å². The number of hydrogen-bond donors (Lipinski definition) is 0. The van der Waals surface area contributed by atoms with E-state index in [1.165, 1.54) is 6.07 Å². The van der Waals surface area contributed by atoms with Crippen molar-refractivity contribution in [3.05, 3.63) is 34.1 Å². The van der Waals surface area contributed by atoms with Crippen molar-refractivity contribution < 1.29 is 9.13 Å². The summed E-state index contributed by atoms with van der Waals surface area (Å²) in [6.45, 7) is 2.89. The summed E-state index contributed by atoms with van der Waals surface area (Å²) in [6.07, 6.45) is 1.06. The van der Waals surface area contributed by atoms with Crippen molar-refractivity contribution in [3.8, 4) is 0 Å². The Hall–Kier alpha value is -0.120. The van der Waals surface area contributed by atoms with Gasteiger partial charge in [0.05, 0.1) is 16.0 Å². The molecule has 88 valence electrons. The molecule has 1 aromatic carbocycles. The number of rotatable bonds is 2. The molecule has 1 aromatic rings. The Bertz CT molecular complexity index is 385. The monoisotopic (exact) mass is 306 g/mol. The van der Waals surface area contributed by atoms with Crippen molar-refractivity contribution in [3.63, 3.8) is 0 Å². The highest BCUT2D eigenvalue weighted by Gasteiger charge is 2.31. The van der Waals surface area contributed by atoms with Crippen LogP contribution in [0.3, 0.4) is 0 Å². The van der Waals surface area contributed by atoms with Gasteiger partial charge >= 0.3 is 0 Å². The van der Waals surface area contributed by atoms with Gasteiger partial charge in [-0.3, -0.25) is 0 Å². The molecule has 1 aliphatic rings. The van der Waals surface area contributed by atoms with Crippen LogP contribution in [-0.2, 0) is 4.74 Å². The van der Waals surface area contributed by atoms with Crippen LogP contribution in [0.1, 0.15) is 24.3 Å². The zero-order valence-electron chi connectivity index (χ0n) is 8.92. The number of benzene rings is 1. The van der Waals surface area contributed by atoms with Gasteiger partial charge in [-0.1, -0.05) is 13.0 Å². The summed E-state index contributed by atoms with van der Waals surface area (Å²) in [5.41, 5.74) is 0.897. The molecule has 1 aliphatic heterocycles. The van der Waals surface area contributed by atoms with Gasteiger partial charge in [0, 0.05) is 6.61 Å². The van der Waals surface area contributed by atoms with E-state index in [4.69, 9.17) is 16.3 Å². The van der Waals surface area contributed by atoms with Crippen molar-refractivity contribution >= 4 is 27.5 Å². The fourth-order valence-electron chi connectivity index (χ4n) is 1.97. The Morgan fingerprint density at radius 2 is 2.31 bits per heavy atom. The Balaban J connectivity index is 2.20. The fourth-order valence-corrected chi connectivity index (χ4v) is 2.82. The lowest BCUT2D eigenvalue weighted by Gasteiger charge is -2.21. The summed E-state index contributed by atoms with van der Waals surface area (Å²) < 4.78 is 19.2. The summed E-state index contributed by atoms with van der Waals surface area (Å²) in [6, 6.07) is 4.86. The van der Waals surface area contributed by atoms with E-state index in [2.05, 4.69) is 22.9 Å². The van der Waals surface area contributed by atoms with Crippen molar-refractivity contribution in [2.24, 2.45) is 5.92 Å². The average Bonchev–Trinajstić information content (AvgIpc) is 2.67. The second-order valence-electron chi connectivity index (χ2n) is 4.18. The SMILES string of the molecule is CC1CCOC1C(Cl)c1ccc(F)c(Br)c1. The maximum Gasteiger partial charge on any atom is 0.137 e. The minimum absolute atomic E-state index is 0.0269. The third-order valence-corrected chi connectivity index (χ3v) is 4.10. The summed E-state index contributed by atoms with van der Waals surface area (Å²) in [5.74, 6) is 0.180. The maximum absolute atomic E-state index is 13.1. The molecule has 3 atom stereocenters. The van der Waals surface area contributed by atoms with E-state index in [0.29, 0.717) is 10.4 Å². The van der Waals surface area contributed by atoms with Crippen molar-refractivity contribution in [1.82, 2.24) is 0 Å². The van der Waals surface area contributed by atoms with E-state index in [1.807, 2.05) is 0 Å². The van der Waals surface area contributed by atoms with Gasteiger partial charge in [-0.15, -0.1) is 11.6 Å². The molecular weight excluding hydrogens is 294 g/mol. The molecule has 0 saturated carbocycles. The Labute approximate surface area is 108 Å². The fraction of sp³-hybridized carbons (Fsp3) is 0.500. The average molecular weight is 308 g/mol. The highest BCUT2D eigenvalue weighted by atomic mass is 79.9. The van der Waals surface area contributed by atoms with E-state index in [1.54, 1.807) is 12.1 Å². The second kappa shape index (κ2) is 5.03. The van der Waals surface area contributed by atoms with E-state index in [0.717, 1.165) is 18.6 Å². The molecule has 16 heavy (non-hydrogen) atoms. The zero-order valence-corrected chi connectivity index (χ0v) is 11.3. The quantitative estimate of drug-likeness (QED) is 0.741. The van der Waals surface area contributed by atoms with Crippen LogP contribution in [0.5, 0.6) is 0 Å². The Morgan fingerprint density at radius 3 is 2.88 bits per heavy atom. The lowest BCUT2D eigenvalue weighted by molar-refractivity contribution is 0.0903. The highest BCUT2D eigenvalue weighted by Crippen LogP contribution is 2.36. The predicted molar refractivity (Wildman–Crippen MR) is 66.2 cm³/mol. The van der Waals surface area contributed by atoms with Crippen LogP contribution in [0, 0.1) is 11.7 Å². The van der Waals surface area contributed by atoms with Gasteiger partial charge in [0.2, 0.25) is 0 Å². The maximum atomic E-state index is 13.1. The Morgan fingerprint density at radius 1 is 1.56 bits per heavy atom. The summed E-state index contributed by atoms with van der Waals surface area (Å²) in [4.78, 5) is 0. The van der Waals surface area contributed by atoms with Crippen LogP contribution < -0.4 is 0 Å². The molecule has 1 fully saturated rings. The minimum Gasteiger partial charge on any atom is -0.376 e. The van der Waals surface area contributed by atoms with Gasteiger partial charge in [0.1, 0.15) is 5.82 Å². The number of ether oxygens (including phenoxy) is 1. The molecule has 1 saturated heterocycles. The molecule has 3 unspecified atom stereocenters. The van der Waals surface area contributed by atoms with Crippen LogP contribution in [0.2, 0.25) is 0 Å². The molecule has 0 radical (unpaired) electrons. The predicted octanol–water partition coefficient (Wildman–Crippen LogP) is 4.29. The first kappa shape index (κ1) is 12.3. The smallest absolute Gasteiger partial charge is 0.137 e. The molecule has 0 aromatic heterocycles. The lowest BCUT2D eigenvalue weighted by Crippen LogP contribution is -2.19. The molecule has 0 spiro atoms. The first-order valence-electron chi connectivity index (χ1n) is 5.30. The summed E-state index contributed by atoms with van der Waals surface area (Å²) in [5, 5.41) is -0.214. The van der Waals surface area contributed by atoms with Gasteiger partial charge < -0.3 is 4.74 Å². The zero-order chi connectivity index (χ0) is 11.7. The molecule has 0 amide bonds. The first-order valence-corrected chi connectivity index (χ1v) is 6.53. The molecule has 1 heterocycles. The third kappa shape index (κ3) is 2.41. The number of alkyl halides is 1. The van der Waals surface area contributed by atoms with E-state index < -0.39 is 0 Å². The lowest BCUT2D eigenvalue weighted by atomic mass is 9.97. The highest BCUT2D eigenvalue weighted by molar-refractivity contribution is 9.10. The summed E-state index contributed by atoms with van der Waals surface area (Å²) in [7, 11) is 0. The first-order chi connectivity index (χ1) is 7.59. The van der Waals surface area contributed by atoms with Crippen molar-refractivity contribution in [1.29, 1.82) is 0 Å². The second-order valence-corrected chi connectivity index (χ2v) is 5.50. The molecule has 0 N–H and O–H groups in total. The molecule has 1 nitrogen and oxygen atoms in total. The minimum atomic E-state index is -0.270. The largest absolute Gasteiger partial charge is 0.376 e. The van der Waals surface area contributed by atoms with Gasteiger partial charge in [-0.2, -0.15) is 0 Å². The van der Waals surface area contributed by atoms with Crippen LogP contribution in [0.25, 0.3) is 0 Å². The van der Waals surface area contributed by atoms with Gasteiger partial charge in [-0.25, -0.2) is 4.39 Å². The number of halogens is 3. The van der Waals surface area contributed by atoms with E-state index >= 15 is 0 Å². The normalized spacial score (nSPS) is 27.0. The van der Waals surface area contributed by atoms with Crippen molar-refractivity contribution in [2.75, 3.05) is 6.61 Å². The van der Waals surface area contributed by atoms with Crippen LogP contribution in [0.15, 0.2) is 22.7 Å². The number of hydrogen-bond acceptors (Lipinski definition) is 1. The van der Waals surface area contributed by atoms with Crippen LogP contribution in [0.4, 0.5) is 4.39 Å². The molecule has 4 heteroatoms. The molecule has 0 bridgehead atoms. The van der Waals surface area contributed by atoms with Crippen LogP contribution in [-0.4, -0.2) is 12.7 Å². The van der Waals surface area contributed by atoms with E-state index in [-0.39, 0.29) is 17.3 Å². The van der Waals surface area contributed by atoms with Gasteiger partial charge in [-0.05, 0) is 46.0 Å². The van der Waals surface area contributed by atoms with Crippen molar-refractivity contribution in [2.45, 2.75) is 24.8 Å². The van der Waals surface area contributed by atoms with E-state index in [9.17, 15) is 4.39 Å². The van der Waals surface area contributed by atoms with Gasteiger partial charge in [0.15, 0.2) is 0 Å². The summed E-state index contributed by atoms with van der Waals surface area (Å²) >= 11 is 9.53. The standard InChI is InChI=1S/C12H13BrClFO/c1-7-4-5-16-12(7)11(14)8-2-3-10(15)9(13)6-8/h2-3,6-7,11-12H,4-5H2,1H3. The topological polar surface area (TPSA) is 9.23 Å². The molecule has 0 aliphatic carbocycles.